The van der Waals surface area contributed by atoms with Crippen molar-refractivity contribution in [3.05, 3.63) is 58.1 Å². The molecule has 2 aromatic rings. The molecular formula is C32H38ClN3O5S2. The van der Waals surface area contributed by atoms with Gasteiger partial charge in [0.1, 0.15) is 11.2 Å². The van der Waals surface area contributed by atoms with Crippen molar-refractivity contribution in [2.75, 3.05) is 30.3 Å². The minimum absolute atomic E-state index is 0.00511. The van der Waals surface area contributed by atoms with Gasteiger partial charge in [0.05, 0.1) is 18.4 Å². The molecule has 2 aromatic carbocycles. The second kappa shape index (κ2) is 10.9. The number of carbonyl (C=O) groups is 1. The van der Waals surface area contributed by atoms with Crippen molar-refractivity contribution in [1.29, 1.82) is 0 Å². The van der Waals surface area contributed by atoms with Crippen molar-refractivity contribution in [3.8, 4) is 5.75 Å². The highest BCUT2D eigenvalue weighted by Gasteiger charge is 2.58. The number of halogens is 1. The molecule has 8 nitrogen and oxygen atoms in total. The number of nitrogens with zero attached hydrogens (tertiary/aromatic N) is 2. The molecule has 6 aliphatic rings. The van der Waals surface area contributed by atoms with E-state index < -0.39 is 16.5 Å². The lowest BCUT2D eigenvalue weighted by atomic mass is 9.65. The van der Waals surface area contributed by atoms with Gasteiger partial charge in [-0.2, -0.15) is 4.36 Å². The van der Waals surface area contributed by atoms with Crippen molar-refractivity contribution in [1.82, 2.24) is 5.32 Å². The number of fused-ring (bicyclic) bond motifs is 6. The zero-order valence-corrected chi connectivity index (χ0v) is 26.5. The zero-order chi connectivity index (χ0) is 29.3. The number of hydrogen-bond donors (Lipinski definition) is 3. The Bertz CT molecular complexity index is 1550. The van der Waals surface area contributed by atoms with Crippen molar-refractivity contribution < 1.29 is 23.0 Å². The van der Waals surface area contributed by atoms with Gasteiger partial charge >= 0.3 is 0 Å². The third-order valence-corrected chi connectivity index (χ3v) is 13.0. The Morgan fingerprint density at radius 2 is 2.07 bits per heavy atom. The summed E-state index contributed by atoms with van der Waals surface area (Å²) in [6.45, 7) is 2.15. The highest BCUT2D eigenvalue weighted by Crippen LogP contribution is 2.52. The molecule has 2 N–H and O–H groups in total. The molecule has 11 heteroatoms. The molecule has 230 valence electrons. The van der Waals surface area contributed by atoms with Crippen LogP contribution in [-0.4, -0.2) is 63.2 Å². The summed E-state index contributed by atoms with van der Waals surface area (Å²) in [4.78, 5) is 15.8. The van der Waals surface area contributed by atoms with E-state index in [1.807, 2.05) is 18.2 Å². The summed E-state index contributed by atoms with van der Waals surface area (Å²) in [7, 11) is -2.07. The molecule has 8 atom stereocenters. The summed E-state index contributed by atoms with van der Waals surface area (Å²) in [6.07, 6.45) is 7.73. The number of hydrogen-bond acceptors (Lipinski definition) is 8. The molecule has 0 aromatic heterocycles. The monoisotopic (exact) mass is 643 g/mol. The van der Waals surface area contributed by atoms with Gasteiger partial charge in [-0.3, -0.25) is 9.00 Å². The van der Waals surface area contributed by atoms with Crippen LogP contribution < -0.4 is 15.0 Å². The summed E-state index contributed by atoms with van der Waals surface area (Å²) in [5, 5.41) is 4.57. The molecular weight excluding hydrogens is 606 g/mol. The van der Waals surface area contributed by atoms with Crippen molar-refractivity contribution in [2.24, 2.45) is 16.2 Å². The summed E-state index contributed by atoms with van der Waals surface area (Å²) < 4.78 is 40.5. The fraction of sp³-hybridized carbons (Fsp3) is 0.594. The number of benzene rings is 2. The molecule has 1 amide bonds. The number of amides is 1. The zero-order valence-electron chi connectivity index (χ0n) is 24.0. The third-order valence-electron chi connectivity index (χ3n) is 11.1. The van der Waals surface area contributed by atoms with Crippen LogP contribution in [0.3, 0.4) is 0 Å². The van der Waals surface area contributed by atoms with Gasteiger partial charge in [0.15, 0.2) is 0 Å². The third kappa shape index (κ3) is 4.91. The van der Waals surface area contributed by atoms with E-state index in [0.29, 0.717) is 29.8 Å². The van der Waals surface area contributed by atoms with Crippen molar-refractivity contribution >= 4 is 45.8 Å². The van der Waals surface area contributed by atoms with Gasteiger partial charge in [-0.25, -0.2) is 0 Å². The van der Waals surface area contributed by atoms with Gasteiger partial charge in [-0.05, 0) is 98.2 Å². The van der Waals surface area contributed by atoms with Gasteiger partial charge < -0.3 is 24.2 Å². The van der Waals surface area contributed by atoms with Gasteiger partial charge in [-0.1, -0.05) is 17.7 Å². The molecule has 43 heavy (non-hydrogen) atoms. The van der Waals surface area contributed by atoms with E-state index in [4.69, 9.17) is 21.1 Å². The molecule has 4 heterocycles. The maximum atomic E-state index is 13.3. The summed E-state index contributed by atoms with van der Waals surface area (Å²) in [6, 6.07) is 11.8. The standard InChI is InChI=1S/C32H38ClN3O5S2/c33-22-5-7-25-19(12-22)2-1-10-31(25)17-36-15-21-3-6-24(21)29-32(14-28(41-29)42-38)11-9-23(34-32)16-43(39)35-30(37)20-4-8-27(40-18-31)26(36)13-20/h4-5,7-8,12-13,21,23-24,28-29,34,38,43H,1-3,6,9-11,14-18H2/t21-,23-,24+,28?,29+,31-,32+/m0/s1. The fourth-order valence-corrected chi connectivity index (χ4v) is 10.8. The summed E-state index contributed by atoms with van der Waals surface area (Å²) in [5.74, 6) is 1.39. The lowest BCUT2D eigenvalue weighted by Crippen LogP contribution is -2.57. The molecule has 4 bridgehead atoms. The van der Waals surface area contributed by atoms with Crippen molar-refractivity contribution in [3.63, 3.8) is 0 Å². The second-order valence-electron chi connectivity index (χ2n) is 13.6. The maximum absolute atomic E-state index is 13.3. The minimum atomic E-state index is -2.07. The van der Waals surface area contributed by atoms with Crippen LogP contribution in [0.2, 0.25) is 5.02 Å². The molecule has 2 spiro atoms. The molecule has 2 aliphatic carbocycles. The first-order chi connectivity index (χ1) is 20.8. The first-order valence-corrected chi connectivity index (χ1v) is 18.2. The maximum Gasteiger partial charge on any atom is 0.284 e. The number of ether oxygens (including phenoxy) is 2. The Labute approximate surface area is 263 Å². The van der Waals surface area contributed by atoms with Crippen molar-refractivity contribution in [2.45, 2.75) is 79.9 Å². The summed E-state index contributed by atoms with van der Waals surface area (Å²) in [5.41, 5.74) is 3.20. The SMILES string of the molecule is O=C1/N=[SH](=O)\C[C@@H]2CC[C@]3(CC(SO)O[C@@H]3[C@@H]3CC[C@H]3CN3C[C@@]4(CCCc5cc(Cl)ccc54)COc4ccc1cc43)N2. The first kappa shape index (κ1) is 28.6. The lowest BCUT2D eigenvalue weighted by Gasteiger charge is -2.48. The van der Waals surface area contributed by atoms with E-state index in [0.717, 1.165) is 93.0 Å². The fourth-order valence-electron chi connectivity index (χ4n) is 8.97. The molecule has 8 rings (SSSR count). The second-order valence-corrected chi connectivity index (χ2v) is 16.0. The van der Waals surface area contributed by atoms with E-state index in [1.165, 1.54) is 11.1 Å². The number of rotatable bonds is 1. The van der Waals surface area contributed by atoms with Gasteiger partial charge in [0.25, 0.3) is 5.91 Å². The normalized spacial score (nSPS) is 38.7. The van der Waals surface area contributed by atoms with Crippen LogP contribution in [0.15, 0.2) is 40.8 Å². The van der Waals surface area contributed by atoms with Crippen LogP contribution in [0, 0.1) is 11.8 Å². The molecule has 2 unspecified atom stereocenters. The Balaban J connectivity index is 1.22. The van der Waals surface area contributed by atoms with Gasteiger partial charge in [-0.15, -0.1) is 0 Å². The van der Waals surface area contributed by atoms with E-state index in [2.05, 4.69) is 26.7 Å². The number of nitrogens with one attached hydrogen (secondary N) is 1. The Hall–Kier alpha value is -1.82. The molecule has 1 saturated carbocycles. The largest absolute Gasteiger partial charge is 0.490 e. The van der Waals surface area contributed by atoms with E-state index in [9.17, 15) is 13.6 Å². The Morgan fingerprint density at radius 1 is 1.16 bits per heavy atom. The van der Waals surface area contributed by atoms with Crippen LogP contribution in [0.25, 0.3) is 0 Å². The minimum Gasteiger partial charge on any atom is -0.490 e. The summed E-state index contributed by atoms with van der Waals surface area (Å²) >= 11 is 7.23. The average Bonchev–Trinajstić information content (AvgIpc) is 3.50. The van der Waals surface area contributed by atoms with Crippen LogP contribution in [0.1, 0.15) is 66.4 Å². The van der Waals surface area contributed by atoms with E-state index >= 15 is 0 Å². The van der Waals surface area contributed by atoms with Crippen LogP contribution in [0.5, 0.6) is 5.75 Å². The van der Waals surface area contributed by atoms with E-state index in [1.54, 1.807) is 6.07 Å². The smallest absolute Gasteiger partial charge is 0.284 e. The molecule has 2 saturated heterocycles. The molecule has 3 fully saturated rings. The topological polar surface area (TPSA) is 100 Å². The van der Waals surface area contributed by atoms with E-state index in [-0.39, 0.29) is 28.5 Å². The van der Waals surface area contributed by atoms with Gasteiger partial charge in [0, 0.05) is 75.5 Å². The first-order valence-electron chi connectivity index (χ1n) is 15.6. The Morgan fingerprint density at radius 3 is 2.91 bits per heavy atom. The lowest BCUT2D eigenvalue weighted by molar-refractivity contribution is -0.0431. The highest BCUT2D eigenvalue weighted by atomic mass is 35.5. The number of anilines is 1. The average molecular weight is 644 g/mol. The highest BCUT2D eigenvalue weighted by molar-refractivity contribution is 7.94. The molecule has 0 radical (unpaired) electrons. The van der Waals surface area contributed by atoms with Crippen LogP contribution in [0.4, 0.5) is 5.69 Å². The van der Waals surface area contributed by atoms with Gasteiger partial charge in [0.2, 0.25) is 0 Å². The number of thiol groups is 1. The predicted molar refractivity (Wildman–Crippen MR) is 170 cm³/mol. The van der Waals surface area contributed by atoms with Crippen LogP contribution >= 0.6 is 23.6 Å². The Kier molecular flexibility index (Phi) is 7.27. The van der Waals surface area contributed by atoms with Crippen LogP contribution in [-0.2, 0) is 27.2 Å². The molecule has 4 aliphatic heterocycles. The predicted octanol–water partition coefficient (Wildman–Crippen LogP) is 5.47. The number of carbonyl (C=O) groups excluding carboxylic acids is 1. The quantitative estimate of drug-likeness (QED) is 0.278. The number of aryl methyl sites for hydroxylation is 1.